The minimum absolute atomic E-state index is 0.0682. The van der Waals surface area contributed by atoms with Gasteiger partial charge in [-0.15, -0.1) is 0 Å². The van der Waals surface area contributed by atoms with E-state index in [4.69, 9.17) is 23.2 Å². The molecule has 0 spiro atoms. The Morgan fingerprint density at radius 1 is 1.44 bits per heavy atom. The first-order valence-electron chi connectivity index (χ1n) is 4.62. The van der Waals surface area contributed by atoms with Crippen molar-refractivity contribution in [3.8, 4) is 0 Å². The van der Waals surface area contributed by atoms with E-state index in [1.54, 1.807) is 0 Å². The topological polar surface area (TPSA) is 20.3 Å². The molecule has 0 aliphatic carbocycles. The van der Waals surface area contributed by atoms with Gasteiger partial charge >= 0.3 is 0 Å². The number of benzene rings is 1. The van der Waals surface area contributed by atoms with Gasteiger partial charge in [-0.2, -0.15) is 12.6 Å². The van der Waals surface area contributed by atoms with Crippen LogP contribution < -0.4 is 4.90 Å². The highest BCUT2D eigenvalue weighted by Crippen LogP contribution is 2.34. The number of hydrogen-bond donors (Lipinski definition) is 1. The molecule has 16 heavy (non-hydrogen) atoms. The van der Waals surface area contributed by atoms with Crippen LogP contribution in [0.3, 0.4) is 0 Å². The number of amides is 1. The van der Waals surface area contributed by atoms with Gasteiger partial charge in [0.15, 0.2) is 5.82 Å². The summed E-state index contributed by atoms with van der Waals surface area (Å²) >= 11 is 15.5. The Balaban J connectivity index is 2.42. The van der Waals surface area contributed by atoms with E-state index in [1.165, 1.54) is 17.0 Å². The SMILES string of the molecule is O=C1CC(S)CN1c1ccc(Cl)c(Cl)c1F. The Morgan fingerprint density at radius 3 is 2.69 bits per heavy atom. The van der Waals surface area contributed by atoms with Crippen molar-refractivity contribution >= 4 is 47.4 Å². The molecule has 1 atom stereocenters. The molecule has 86 valence electrons. The number of nitrogens with zero attached hydrogens (tertiary/aromatic N) is 1. The molecule has 2 rings (SSSR count). The summed E-state index contributed by atoms with van der Waals surface area (Å²) in [5.74, 6) is -0.817. The van der Waals surface area contributed by atoms with Crippen LogP contribution in [0.4, 0.5) is 10.1 Å². The first-order valence-corrected chi connectivity index (χ1v) is 5.90. The lowest BCUT2D eigenvalue weighted by Crippen LogP contribution is -2.25. The highest BCUT2D eigenvalue weighted by Gasteiger charge is 2.30. The Morgan fingerprint density at radius 2 is 2.12 bits per heavy atom. The van der Waals surface area contributed by atoms with Gasteiger partial charge in [-0.25, -0.2) is 4.39 Å². The molecule has 1 amide bonds. The molecule has 0 N–H and O–H groups in total. The predicted octanol–water partition coefficient (Wildman–Crippen LogP) is 3.17. The van der Waals surface area contributed by atoms with Gasteiger partial charge in [0, 0.05) is 18.2 Å². The van der Waals surface area contributed by atoms with E-state index in [0.717, 1.165) is 0 Å². The second-order valence-corrected chi connectivity index (χ2v) is 5.07. The quantitative estimate of drug-likeness (QED) is 0.619. The third-order valence-electron chi connectivity index (χ3n) is 2.41. The molecule has 1 heterocycles. The van der Waals surface area contributed by atoms with Crippen molar-refractivity contribution in [1.82, 2.24) is 0 Å². The van der Waals surface area contributed by atoms with Gasteiger partial charge in [0.2, 0.25) is 5.91 Å². The largest absolute Gasteiger partial charge is 0.308 e. The number of carbonyl (C=O) groups is 1. The fraction of sp³-hybridized carbons (Fsp3) is 0.300. The van der Waals surface area contributed by atoms with Gasteiger partial charge in [-0.1, -0.05) is 23.2 Å². The molecular weight excluding hydrogens is 272 g/mol. The van der Waals surface area contributed by atoms with Crippen LogP contribution in [0.2, 0.25) is 10.0 Å². The molecule has 1 fully saturated rings. The van der Waals surface area contributed by atoms with Gasteiger partial charge in [0.25, 0.3) is 0 Å². The molecule has 1 aromatic carbocycles. The Bertz CT molecular complexity index is 455. The monoisotopic (exact) mass is 279 g/mol. The summed E-state index contributed by atoms with van der Waals surface area (Å²) in [6.45, 7) is 0.386. The maximum absolute atomic E-state index is 13.8. The van der Waals surface area contributed by atoms with Crippen molar-refractivity contribution in [2.45, 2.75) is 11.7 Å². The van der Waals surface area contributed by atoms with Gasteiger partial charge in [0.05, 0.1) is 15.7 Å². The van der Waals surface area contributed by atoms with Gasteiger partial charge in [0.1, 0.15) is 0 Å². The smallest absolute Gasteiger partial charge is 0.228 e. The van der Waals surface area contributed by atoms with Crippen molar-refractivity contribution in [2.75, 3.05) is 11.4 Å². The van der Waals surface area contributed by atoms with E-state index in [1.807, 2.05) is 0 Å². The average Bonchev–Trinajstić information content (AvgIpc) is 2.55. The zero-order valence-corrected chi connectivity index (χ0v) is 10.5. The highest BCUT2D eigenvalue weighted by atomic mass is 35.5. The van der Waals surface area contributed by atoms with Crippen LogP contribution in [0.1, 0.15) is 6.42 Å². The van der Waals surface area contributed by atoms with Crippen molar-refractivity contribution < 1.29 is 9.18 Å². The first-order chi connectivity index (χ1) is 7.50. The Kier molecular flexibility index (Phi) is 3.33. The number of rotatable bonds is 1. The van der Waals surface area contributed by atoms with E-state index < -0.39 is 5.82 Å². The summed E-state index contributed by atoms with van der Waals surface area (Å²) in [4.78, 5) is 12.9. The molecule has 6 heteroatoms. The number of anilines is 1. The molecule has 0 aromatic heterocycles. The number of carbonyl (C=O) groups excluding carboxylic acids is 1. The minimum Gasteiger partial charge on any atom is -0.308 e. The molecule has 1 aromatic rings. The molecule has 1 aliphatic rings. The Labute approximate surface area is 108 Å². The molecule has 0 bridgehead atoms. The molecule has 0 saturated carbocycles. The number of halogens is 3. The maximum atomic E-state index is 13.8. The number of thiol groups is 1. The summed E-state index contributed by atoms with van der Waals surface area (Å²) in [6.07, 6.45) is 0.308. The molecule has 1 aliphatic heterocycles. The Hall–Kier alpha value is -0.450. The van der Waals surface area contributed by atoms with Crippen molar-refractivity contribution in [3.63, 3.8) is 0 Å². The van der Waals surface area contributed by atoms with Crippen molar-refractivity contribution in [2.24, 2.45) is 0 Å². The van der Waals surface area contributed by atoms with E-state index in [2.05, 4.69) is 12.6 Å². The number of hydrogen-bond acceptors (Lipinski definition) is 2. The van der Waals surface area contributed by atoms with Crippen molar-refractivity contribution in [1.29, 1.82) is 0 Å². The zero-order chi connectivity index (χ0) is 11.9. The second-order valence-electron chi connectivity index (χ2n) is 3.56. The van der Waals surface area contributed by atoms with Crippen LogP contribution >= 0.6 is 35.8 Å². The van der Waals surface area contributed by atoms with Gasteiger partial charge < -0.3 is 4.90 Å². The molecule has 1 saturated heterocycles. The average molecular weight is 280 g/mol. The third kappa shape index (κ3) is 2.01. The summed E-state index contributed by atoms with van der Waals surface area (Å²) in [6, 6.07) is 2.93. The lowest BCUT2D eigenvalue weighted by Gasteiger charge is -2.17. The predicted molar refractivity (Wildman–Crippen MR) is 66.2 cm³/mol. The summed E-state index contributed by atoms with van der Waals surface area (Å²) in [5.41, 5.74) is 0.163. The standard InChI is InChI=1S/C10H8Cl2FNOS/c11-6-1-2-7(10(13)9(6)12)14-4-5(16)3-8(14)15/h1-2,5,16H,3-4H2. The van der Waals surface area contributed by atoms with Crippen LogP contribution in [0.25, 0.3) is 0 Å². The van der Waals surface area contributed by atoms with E-state index >= 15 is 0 Å². The van der Waals surface area contributed by atoms with E-state index in [0.29, 0.717) is 13.0 Å². The fourth-order valence-electron chi connectivity index (χ4n) is 1.65. The van der Waals surface area contributed by atoms with Crippen molar-refractivity contribution in [3.05, 3.63) is 28.0 Å². The lowest BCUT2D eigenvalue weighted by atomic mass is 10.3. The lowest BCUT2D eigenvalue weighted by molar-refractivity contribution is -0.117. The van der Waals surface area contributed by atoms with Crippen LogP contribution in [0, 0.1) is 5.82 Å². The second kappa shape index (κ2) is 4.43. The summed E-state index contributed by atoms with van der Waals surface area (Å²) < 4.78 is 13.8. The molecule has 0 radical (unpaired) electrons. The van der Waals surface area contributed by atoms with Crippen LogP contribution in [0.15, 0.2) is 12.1 Å². The fourth-order valence-corrected chi connectivity index (χ4v) is 2.27. The molecule has 2 nitrogen and oxygen atoms in total. The van der Waals surface area contributed by atoms with Crippen LogP contribution in [0.5, 0.6) is 0 Å². The molecule has 1 unspecified atom stereocenters. The van der Waals surface area contributed by atoms with Gasteiger partial charge in [-0.05, 0) is 12.1 Å². The first kappa shape index (κ1) is 12.0. The minimum atomic E-state index is -0.662. The maximum Gasteiger partial charge on any atom is 0.228 e. The summed E-state index contributed by atoms with van der Waals surface area (Å²) in [5, 5.41) is -0.0899. The highest BCUT2D eigenvalue weighted by molar-refractivity contribution is 7.81. The van der Waals surface area contributed by atoms with E-state index in [9.17, 15) is 9.18 Å². The third-order valence-corrected chi connectivity index (χ3v) is 3.54. The van der Waals surface area contributed by atoms with E-state index in [-0.39, 0.29) is 26.9 Å². The van der Waals surface area contributed by atoms with Crippen LogP contribution in [-0.2, 0) is 4.79 Å². The molecular formula is C10H8Cl2FNOS. The van der Waals surface area contributed by atoms with Crippen LogP contribution in [-0.4, -0.2) is 17.7 Å². The zero-order valence-electron chi connectivity index (χ0n) is 8.08. The van der Waals surface area contributed by atoms with Gasteiger partial charge in [-0.3, -0.25) is 4.79 Å². The normalized spacial score (nSPS) is 20.6. The summed E-state index contributed by atoms with van der Waals surface area (Å²) in [7, 11) is 0.